The number of carbonyl (C=O) groups is 1. The van der Waals surface area contributed by atoms with E-state index in [0.717, 1.165) is 12.8 Å². The van der Waals surface area contributed by atoms with Crippen LogP contribution in [-0.2, 0) is 14.1 Å². The molecule has 0 radical (unpaired) electrons. The van der Waals surface area contributed by atoms with Gasteiger partial charge in [-0.05, 0) is 12.8 Å². The van der Waals surface area contributed by atoms with Gasteiger partial charge in [0.05, 0.1) is 6.61 Å². The lowest BCUT2D eigenvalue weighted by Crippen LogP contribution is -2.10. The van der Waals surface area contributed by atoms with Crippen LogP contribution in [0.4, 0.5) is 0 Å². The van der Waals surface area contributed by atoms with Crippen molar-refractivity contribution >= 4 is 13.8 Å². The molecule has 7 heteroatoms. The van der Waals surface area contributed by atoms with E-state index in [1.807, 2.05) is 0 Å². The largest absolute Gasteiger partial charge is 0.466 e. The van der Waals surface area contributed by atoms with Crippen molar-refractivity contribution in [1.82, 2.24) is 0 Å². The van der Waals surface area contributed by atoms with E-state index in [9.17, 15) is 4.79 Å². The van der Waals surface area contributed by atoms with Gasteiger partial charge in [-0.3, -0.25) is 4.79 Å². The van der Waals surface area contributed by atoms with Gasteiger partial charge in [0.25, 0.3) is 0 Å². The van der Waals surface area contributed by atoms with E-state index in [4.69, 9.17) is 19.2 Å². The Morgan fingerprint density at radius 3 is 1.92 bits per heavy atom. The molecule has 0 saturated carbocycles. The van der Waals surface area contributed by atoms with Crippen molar-refractivity contribution in [3.8, 4) is 0 Å². The van der Waals surface area contributed by atoms with Crippen LogP contribution in [0.3, 0.4) is 0 Å². The van der Waals surface area contributed by atoms with Crippen LogP contribution >= 0.6 is 7.82 Å². The minimum absolute atomic E-state index is 0.0359. The summed E-state index contributed by atoms with van der Waals surface area (Å²) >= 11 is 0. The van der Waals surface area contributed by atoms with Crippen molar-refractivity contribution in [1.29, 1.82) is 0 Å². The molecular weight excluding hydrogens is 187 g/mol. The zero-order chi connectivity index (χ0) is 9.61. The number of phosphoric acid groups is 1. The number of ether oxygens (including phenoxy) is 1. The van der Waals surface area contributed by atoms with E-state index in [1.54, 1.807) is 0 Å². The van der Waals surface area contributed by atoms with Crippen molar-refractivity contribution in [2.24, 2.45) is 0 Å². The maximum absolute atomic E-state index is 10.2. The summed E-state index contributed by atoms with van der Waals surface area (Å²) in [7, 11) is -4.64. The number of cyclic esters (lactones) is 1. The Hall–Kier alpha value is -0.420. The normalized spacial score (nSPS) is 17.4. The monoisotopic (exact) mass is 198 g/mol. The molecule has 1 heterocycles. The predicted octanol–water partition coefficient (Wildman–Crippen LogP) is -0.215. The first-order chi connectivity index (χ1) is 5.39. The summed E-state index contributed by atoms with van der Waals surface area (Å²) < 4.78 is 13.5. The molecule has 12 heavy (non-hydrogen) atoms. The number of hydrogen-bond acceptors (Lipinski definition) is 3. The Morgan fingerprint density at radius 1 is 1.25 bits per heavy atom. The minimum Gasteiger partial charge on any atom is -0.466 e. The first kappa shape index (κ1) is 11.6. The van der Waals surface area contributed by atoms with Gasteiger partial charge in [0.2, 0.25) is 0 Å². The highest BCUT2D eigenvalue weighted by Gasteiger charge is 2.06. The molecule has 0 spiro atoms. The van der Waals surface area contributed by atoms with E-state index in [-0.39, 0.29) is 5.97 Å². The number of hydrogen-bond donors (Lipinski definition) is 3. The van der Waals surface area contributed by atoms with Crippen LogP contribution in [0.5, 0.6) is 0 Å². The second kappa shape index (κ2) is 5.27. The Morgan fingerprint density at radius 2 is 1.75 bits per heavy atom. The fourth-order valence-electron chi connectivity index (χ4n) is 0.630. The van der Waals surface area contributed by atoms with Crippen molar-refractivity contribution in [3.63, 3.8) is 0 Å². The molecule has 1 fully saturated rings. The zero-order valence-corrected chi connectivity index (χ0v) is 7.24. The lowest BCUT2D eigenvalue weighted by atomic mass is 10.2. The first-order valence-corrected chi connectivity index (χ1v) is 4.90. The lowest BCUT2D eigenvalue weighted by Gasteiger charge is -2.08. The van der Waals surface area contributed by atoms with Crippen LogP contribution in [-0.4, -0.2) is 27.3 Å². The van der Waals surface area contributed by atoms with Gasteiger partial charge in [-0.1, -0.05) is 0 Å². The first-order valence-electron chi connectivity index (χ1n) is 3.33. The van der Waals surface area contributed by atoms with Crippen LogP contribution in [0.2, 0.25) is 0 Å². The summed E-state index contributed by atoms with van der Waals surface area (Å²) in [5.74, 6) is -0.0359. The van der Waals surface area contributed by atoms with E-state index in [1.165, 1.54) is 0 Å². The average molecular weight is 198 g/mol. The quantitative estimate of drug-likeness (QED) is 0.367. The summed E-state index contributed by atoms with van der Waals surface area (Å²) in [5.41, 5.74) is 0. The van der Waals surface area contributed by atoms with Gasteiger partial charge in [0.1, 0.15) is 0 Å². The SMILES string of the molecule is O=C1CCCCO1.O=P(O)(O)O. The molecule has 0 aromatic heterocycles. The molecule has 1 aliphatic heterocycles. The maximum Gasteiger partial charge on any atom is 0.466 e. The van der Waals surface area contributed by atoms with Crippen molar-refractivity contribution < 1.29 is 28.8 Å². The highest BCUT2D eigenvalue weighted by atomic mass is 31.2. The van der Waals surface area contributed by atoms with Crippen molar-refractivity contribution in [2.75, 3.05) is 6.61 Å². The van der Waals surface area contributed by atoms with Crippen molar-refractivity contribution in [3.05, 3.63) is 0 Å². The molecular formula is C5H11O6P. The fourth-order valence-corrected chi connectivity index (χ4v) is 0.630. The Kier molecular flexibility index (Phi) is 5.08. The molecule has 3 N–H and O–H groups in total. The molecule has 0 bridgehead atoms. The average Bonchev–Trinajstić information content (AvgIpc) is 1.85. The van der Waals surface area contributed by atoms with Gasteiger partial charge in [0, 0.05) is 6.42 Å². The fraction of sp³-hybridized carbons (Fsp3) is 0.800. The molecule has 0 amide bonds. The summed E-state index contributed by atoms with van der Waals surface area (Å²) in [6.07, 6.45) is 2.69. The standard InChI is InChI=1S/C5H8O2.H3O4P/c6-5-3-1-2-4-7-5;1-5(2,3)4/h1-4H2;(H3,1,2,3,4). The molecule has 0 atom stereocenters. The molecule has 72 valence electrons. The maximum atomic E-state index is 10.2. The van der Waals surface area contributed by atoms with Crippen molar-refractivity contribution in [2.45, 2.75) is 19.3 Å². The topological polar surface area (TPSA) is 104 Å². The Labute approximate surface area is 69.4 Å². The van der Waals surface area contributed by atoms with Gasteiger partial charge in [-0.25, -0.2) is 4.57 Å². The van der Waals surface area contributed by atoms with Crippen LogP contribution in [0.15, 0.2) is 0 Å². The molecule has 0 aromatic rings. The van der Waals surface area contributed by atoms with Crippen LogP contribution in [0.1, 0.15) is 19.3 Å². The highest BCUT2D eigenvalue weighted by Crippen LogP contribution is 2.25. The Balaban J connectivity index is 0.000000217. The van der Waals surface area contributed by atoms with Crippen LogP contribution < -0.4 is 0 Å². The van der Waals surface area contributed by atoms with Crippen LogP contribution in [0, 0.1) is 0 Å². The second-order valence-corrected chi connectivity index (χ2v) is 3.22. The molecule has 0 aliphatic carbocycles. The van der Waals surface area contributed by atoms with E-state index < -0.39 is 7.82 Å². The minimum atomic E-state index is -4.64. The lowest BCUT2D eigenvalue weighted by molar-refractivity contribution is -0.146. The highest BCUT2D eigenvalue weighted by molar-refractivity contribution is 7.45. The third kappa shape index (κ3) is 12.3. The number of carbonyl (C=O) groups excluding carboxylic acids is 1. The molecule has 6 nitrogen and oxygen atoms in total. The summed E-state index contributed by atoms with van der Waals surface area (Å²) in [6.45, 7) is 0.638. The van der Waals surface area contributed by atoms with Crippen LogP contribution in [0.25, 0.3) is 0 Å². The van der Waals surface area contributed by atoms with E-state index in [0.29, 0.717) is 13.0 Å². The molecule has 0 aromatic carbocycles. The predicted molar refractivity (Wildman–Crippen MR) is 39.1 cm³/mol. The van der Waals surface area contributed by atoms with Gasteiger partial charge in [-0.15, -0.1) is 0 Å². The number of esters is 1. The van der Waals surface area contributed by atoms with Gasteiger partial charge < -0.3 is 19.4 Å². The van der Waals surface area contributed by atoms with Gasteiger partial charge >= 0.3 is 13.8 Å². The third-order valence-corrected chi connectivity index (χ3v) is 1.04. The molecule has 0 unspecified atom stereocenters. The smallest absolute Gasteiger partial charge is 0.466 e. The van der Waals surface area contributed by atoms with E-state index >= 15 is 0 Å². The van der Waals surface area contributed by atoms with E-state index in [2.05, 4.69) is 4.74 Å². The molecule has 1 saturated heterocycles. The molecule has 1 rings (SSSR count). The third-order valence-electron chi connectivity index (χ3n) is 1.04. The molecule has 1 aliphatic rings. The zero-order valence-electron chi connectivity index (χ0n) is 6.34. The summed E-state index contributed by atoms with van der Waals surface area (Å²) in [6, 6.07) is 0. The Bertz CT molecular complexity index is 168. The van der Waals surface area contributed by atoms with Gasteiger partial charge in [-0.2, -0.15) is 0 Å². The number of rotatable bonds is 0. The summed E-state index contributed by atoms with van der Waals surface area (Å²) in [5, 5.41) is 0. The van der Waals surface area contributed by atoms with Gasteiger partial charge in [0.15, 0.2) is 0 Å². The summed E-state index contributed by atoms with van der Waals surface area (Å²) in [4.78, 5) is 31.8. The second-order valence-electron chi connectivity index (χ2n) is 2.19.